The van der Waals surface area contributed by atoms with E-state index in [9.17, 15) is 31.1 Å². The van der Waals surface area contributed by atoms with Crippen molar-refractivity contribution in [3.63, 3.8) is 0 Å². The average molecular weight is 547 g/mol. The van der Waals surface area contributed by atoms with Gasteiger partial charge < -0.3 is 14.0 Å². The first kappa shape index (κ1) is 27.7. The number of para-hydroxylation sites is 1. The molecule has 1 heterocycles. The fraction of sp³-hybridized carbons (Fsp3) is 0.130. The van der Waals surface area contributed by atoms with Gasteiger partial charge in [-0.3, -0.25) is 0 Å². The quantitative estimate of drug-likeness (QED) is 0.0547. The van der Waals surface area contributed by atoms with E-state index in [4.69, 9.17) is 22.4 Å². The molecule has 0 saturated carbocycles. The number of halogens is 6. The molecule has 0 aliphatic carbocycles. The van der Waals surface area contributed by atoms with E-state index in [1.165, 1.54) is 7.11 Å². The number of alkyl halides is 3. The molecule has 0 radical (unpaired) electrons. The van der Waals surface area contributed by atoms with E-state index >= 15 is 0 Å². The van der Waals surface area contributed by atoms with Crippen molar-refractivity contribution in [3.05, 3.63) is 77.6 Å². The number of benzene rings is 3. The maximum Gasteiger partial charge on any atom is 0.485 e. The lowest BCUT2D eigenvalue weighted by molar-refractivity contribution is -0.617. The van der Waals surface area contributed by atoms with Crippen molar-refractivity contribution in [2.75, 3.05) is 7.11 Å². The number of carbonyl (C=O) groups is 1. The number of carbonyl (C=O) groups excluding carboxylic acids is 1. The number of pyridine rings is 1. The Morgan fingerprint density at radius 2 is 1.49 bits per heavy atom. The number of methoxy groups -OCH3 is 1. The molecular weight excluding hydrogens is 532 g/mol. The third-order valence-corrected chi connectivity index (χ3v) is 5.62. The van der Waals surface area contributed by atoms with Crippen molar-refractivity contribution in [1.29, 1.82) is 0 Å². The summed E-state index contributed by atoms with van der Waals surface area (Å²) in [5.41, 5.74) is -4.17. The molecule has 0 fully saturated rings. The number of fused-ring (bicyclic) bond motifs is 2. The van der Waals surface area contributed by atoms with Crippen LogP contribution in [0.5, 0.6) is 11.5 Å². The molecular formula is C23H15F6NO6S. The van der Waals surface area contributed by atoms with E-state index < -0.39 is 44.8 Å². The fourth-order valence-electron chi connectivity index (χ4n) is 3.35. The van der Waals surface area contributed by atoms with E-state index in [0.717, 1.165) is 0 Å². The minimum atomic E-state index is -6.09. The SMILES string of the molecule is COc1ccc2c(c1)c(C(=O)Oc1c(F)ccc(F)c1F)c1ccccc1[n+]2C.O=S(=O)([O-])C(F)(F)F. The van der Waals surface area contributed by atoms with Gasteiger partial charge in [-0.1, -0.05) is 12.1 Å². The van der Waals surface area contributed by atoms with Crippen LogP contribution in [0.15, 0.2) is 54.6 Å². The highest BCUT2D eigenvalue weighted by atomic mass is 32.2. The molecule has 4 rings (SSSR count). The summed E-state index contributed by atoms with van der Waals surface area (Å²) in [7, 11) is -2.77. The van der Waals surface area contributed by atoms with E-state index in [1.807, 2.05) is 11.6 Å². The van der Waals surface area contributed by atoms with Gasteiger partial charge in [-0.15, -0.1) is 0 Å². The van der Waals surface area contributed by atoms with Crippen LogP contribution in [0.25, 0.3) is 21.8 Å². The zero-order valence-electron chi connectivity index (χ0n) is 18.8. The molecule has 196 valence electrons. The largest absolute Gasteiger partial charge is 0.741 e. The van der Waals surface area contributed by atoms with Gasteiger partial charge in [0.15, 0.2) is 21.8 Å². The van der Waals surface area contributed by atoms with Crippen LogP contribution in [0, 0.1) is 17.5 Å². The molecule has 0 spiro atoms. The Labute approximate surface area is 205 Å². The van der Waals surface area contributed by atoms with Crippen LogP contribution in [0.3, 0.4) is 0 Å². The minimum Gasteiger partial charge on any atom is -0.741 e. The predicted octanol–water partition coefficient (Wildman–Crippen LogP) is 4.51. The number of rotatable bonds is 3. The Kier molecular flexibility index (Phi) is 7.64. The lowest BCUT2D eigenvalue weighted by atomic mass is 10.0. The summed E-state index contributed by atoms with van der Waals surface area (Å²) >= 11 is 0. The number of ether oxygens (including phenoxy) is 2. The zero-order chi connectivity index (χ0) is 27.7. The van der Waals surface area contributed by atoms with Crippen molar-refractivity contribution in [2.45, 2.75) is 5.51 Å². The topological polar surface area (TPSA) is 96.6 Å². The Bertz CT molecular complexity index is 1620. The Hall–Kier alpha value is -3.91. The highest BCUT2D eigenvalue weighted by Gasteiger charge is 2.37. The second kappa shape index (κ2) is 10.2. The maximum absolute atomic E-state index is 14.0. The molecule has 0 unspecified atom stereocenters. The Morgan fingerprint density at radius 3 is 2.08 bits per heavy atom. The molecule has 37 heavy (non-hydrogen) atoms. The van der Waals surface area contributed by atoms with Crippen molar-refractivity contribution in [3.8, 4) is 11.5 Å². The molecule has 0 aliphatic heterocycles. The molecule has 0 aliphatic rings. The van der Waals surface area contributed by atoms with Crippen LogP contribution in [0.2, 0.25) is 0 Å². The van der Waals surface area contributed by atoms with Crippen LogP contribution in [0.4, 0.5) is 26.3 Å². The van der Waals surface area contributed by atoms with Gasteiger partial charge in [-0.25, -0.2) is 22.0 Å². The number of hydrogen-bond donors (Lipinski definition) is 0. The second-order valence-electron chi connectivity index (χ2n) is 7.30. The first-order valence-electron chi connectivity index (χ1n) is 9.93. The highest BCUT2D eigenvalue weighted by molar-refractivity contribution is 7.86. The normalized spacial score (nSPS) is 11.7. The summed E-state index contributed by atoms with van der Waals surface area (Å²) in [5, 5.41) is 0.978. The van der Waals surface area contributed by atoms with Crippen LogP contribution < -0.4 is 14.0 Å². The van der Waals surface area contributed by atoms with Gasteiger partial charge in [0.1, 0.15) is 12.8 Å². The van der Waals surface area contributed by atoms with Crippen molar-refractivity contribution in [2.24, 2.45) is 7.05 Å². The van der Waals surface area contributed by atoms with Crippen LogP contribution in [-0.4, -0.2) is 31.6 Å². The molecule has 0 bridgehead atoms. The predicted molar refractivity (Wildman–Crippen MR) is 116 cm³/mol. The standard InChI is InChI=1S/C22H15F3NO3.CHF3O3S/c1-26-17-6-4-3-5-13(17)19(14-11-12(28-2)7-10-18(14)26)22(27)29-21-16(24)9-8-15(23)20(21)25;2-1(3,4)8(5,6)7/h3-11H,1-2H3;(H,5,6,7)/q+1;/p-1. The first-order chi connectivity index (χ1) is 17.2. The number of nitrogens with zero attached hydrogens (tertiary/aromatic N) is 1. The molecule has 7 nitrogen and oxygen atoms in total. The second-order valence-corrected chi connectivity index (χ2v) is 8.67. The van der Waals surface area contributed by atoms with Crippen LogP contribution in [0.1, 0.15) is 10.4 Å². The van der Waals surface area contributed by atoms with Gasteiger partial charge in [-0.05, 0) is 30.3 Å². The maximum atomic E-state index is 14.0. The van der Waals surface area contributed by atoms with Gasteiger partial charge >= 0.3 is 11.5 Å². The summed E-state index contributed by atoms with van der Waals surface area (Å²) in [4.78, 5) is 13.0. The summed E-state index contributed by atoms with van der Waals surface area (Å²) < 4.78 is 113. The number of esters is 1. The van der Waals surface area contributed by atoms with Crippen molar-refractivity contribution in [1.82, 2.24) is 0 Å². The monoisotopic (exact) mass is 547 g/mol. The van der Waals surface area contributed by atoms with Gasteiger partial charge in [0.2, 0.25) is 22.6 Å². The number of hydrogen-bond acceptors (Lipinski definition) is 6. The zero-order valence-corrected chi connectivity index (χ0v) is 19.6. The molecule has 0 atom stereocenters. The Balaban J connectivity index is 0.000000414. The summed E-state index contributed by atoms with van der Waals surface area (Å²) in [6, 6.07) is 13.5. The molecule has 3 aromatic carbocycles. The summed E-state index contributed by atoms with van der Waals surface area (Å²) in [6.07, 6.45) is 0. The molecule has 0 saturated heterocycles. The van der Waals surface area contributed by atoms with E-state index in [0.29, 0.717) is 39.7 Å². The summed E-state index contributed by atoms with van der Waals surface area (Å²) in [5.74, 6) is -5.65. The van der Waals surface area contributed by atoms with Crippen LogP contribution >= 0.6 is 0 Å². The van der Waals surface area contributed by atoms with E-state index in [1.54, 1.807) is 42.5 Å². The molecule has 1 aromatic heterocycles. The van der Waals surface area contributed by atoms with Crippen molar-refractivity contribution < 1.29 is 58.1 Å². The molecule has 0 amide bonds. The lowest BCUT2D eigenvalue weighted by Gasteiger charge is -2.12. The van der Waals surface area contributed by atoms with Gasteiger partial charge in [-0.2, -0.15) is 22.1 Å². The minimum absolute atomic E-state index is 0.0932. The first-order valence-corrected chi connectivity index (χ1v) is 11.3. The number of aryl methyl sites for hydroxylation is 1. The van der Waals surface area contributed by atoms with Gasteiger partial charge in [0.05, 0.1) is 23.4 Å². The van der Waals surface area contributed by atoms with Gasteiger partial charge in [0, 0.05) is 12.1 Å². The highest BCUT2D eigenvalue weighted by Crippen LogP contribution is 2.31. The van der Waals surface area contributed by atoms with Crippen molar-refractivity contribution >= 4 is 37.9 Å². The number of aromatic nitrogens is 1. The average Bonchev–Trinajstić information content (AvgIpc) is 2.83. The Morgan fingerprint density at radius 1 is 0.919 bits per heavy atom. The molecule has 14 heteroatoms. The fourth-order valence-corrected chi connectivity index (χ4v) is 3.35. The molecule has 0 N–H and O–H groups in total. The third kappa shape index (κ3) is 5.59. The molecule has 4 aromatic rings. The van der Waals surface area contributed by atoms with E-state index in [2.05, 4.69) is 0 Å². The summed E-state index contributed by atoms with van der Waals surface area (Å²) in [6.45, 7) is 0. The van der Waals surface area contributed by atoms with Gasteiger partial charge in [0.25, 0.3) is 0 Å². The van der Waals surface area contributed by atoms with E-state index in [-0.39, 0.29) is 5.56 Å². The smallest absolute Gasteiger partial charge is 0.485 e. The lowest BCUT2D eigenvalue weighted by Crippen LogP contribution is -2.31. The third-order valence-electron chi connectivity index (χ3n) is 5.05. The van der Waals surface area contributed by atoms with Crippen LogP contribution in [-0.2, 0) is 17.2 Å².